The molecule has 0 radical (unpaired) electrons. The number of hydrogen-bond donors (Lipinski definition) is 6. The van der Waals surface area contributed by atoms with Gasteiger partial charge in [0, 0.05) is 65.3 Å². The number of carbonyl (C=O) groups excluding carboxylic acids is 2. The lowest BCUT2D eigenvalue weighted by Crippen LogP contribution is -2.40. The lowest BCUT2D eigenvalue weighted by Gasteiger charge is -2.26. The molecule has 1 aliphatic heterocycles. The van der Waals surface area contributed by atoms with Crippen molar-refractivity contribution in [2.45, 2.75) is 44.4 Å². The fourth-order valence-corrected chi connectivity index (χ4v) is 8.52. The lowest BCUT2D eigenvalue weighted by atomic mass is 9.90. The number of phenols is 4. The van der Waals surface area contributed by atoms with Gasteiger partial charge in [0.25, 0.3) is 21.9 Å². The van der Waals surface area contributed by atoms with Crippen LogP contribution in [-0.4, -0.2) is 62.9 Å². The molecule has 8 rings (SSSR count). The summed E-state index contributed by atoms with van der Waals surface area (Å²) in [7, 11) is -4.69. The number of para-hydroxylation sites is 1. The summed E-state index contributed by atoms with van der Waals surface area (Å²) in [5.41, 5.74) is 8.62. The molecule has 0 fully saturated rings. The zero-order valence-electron chi connectivity index (χ0n) is 30.9. The molecular formula is C44H37N3O9S. The van der Waals surface area contributed by atoms with Crippen LogP contribution in [0.3, 0.4) is 0 Å². The molecule has 6 aromatic rings. The normalized spacial score (nSPS) is 14.1. The summed E-state index contributed by atoms with van der Waals surface area (Å²) < 4.78 is 34.6. The number of anilines is 1. The van der Waals surface area contributed by atoms with Crippen LogP contribution in [0.25, 0.3) is 10.8 Å². The van der Waals surface area contributed by atoms with Gasteiger partial charge >= 0.3 is 0 Å². The van der Waals surface area contributed by atoms with Gasteiger partial charge in [0.15, 0.2) is 0 Å². The highest BCUT2D eigenvalue weighted by molar-refractivity contribution is 7.85. The Balaban J connectivity index is 1.22. The van der Waals surface area contributed by atoms with E-state index in [0.29, 0.717) is 66.5 Å². The van der Waals surface area contributed by atoms with Gasteiger partial charge in [-0.3, -0.25) is 24.5 Å². The predicted octanol–water partition coefficient (Wildman–Crippen LogP) is 6.96. The Kier molecular flexibility index (Phi) is 9.21. The number of benzene rings is 6. The Morgan fingerprint density at radius 1 is 0.667 bits per heavy atom. The predicted molar refractivity (Wildman–Crippen MR) is 214 cm³/mol. The summed E-state index contributed by atoms with van der Waals surface area (Å²) in [6, 6.07) is 23.0. The highest BCUT2D eigenvalue weighted by atomic mass is 32.2. The van der Waals surface area contributed by atoms with Gasteiger partial charge in [-0.05, 0) is 95.3 Å². The second-order valence-electron chi connectivity index (χ2n) is 14.4. The standard InChI is InChI=1S/C44H37N3O9S/c1-3-47-43(52)35-9-5-8-34-37(11-10-36(38(34)35)44(47)53)46-45-22-24-14-29-16-25-6-4-7-26(39(25)48)17-31-20-33(57(54,55)56)21-32(42(31)51)19-28-13-23(2)12-27(40(28)49)18-30(15-24)41(29)50/h4-15,20-22,46,48-51H,3,16-19H2,1-2H3,(H,54,55,56)/b45-22+. The number of hydrogen-bond acceptors (Lipinski definition) is 10. The molecule has 0 aromatic heterocycles. The number of hydrazone groups is 1. The van der Waals surface area contributed by atoms with E-state index in [-0.39, 0.29) is 78.2 Å². The molecule has 12 nitrogen and oxygen atoms in total. The highest BCUT2D eigenvalue weighted by Gasteiger charge is 2.32. The highest BCUT2D eigenvalue weighted by Crippen LogP contribution is 2.39. The van der Waals surface area contributed by atoms with Gasteiger partial charge in [-0.1, -0.05) is 48.0 Å². The van der Waals surface area contributed by atoms with E-state index in [2.05, 4.69) is 10.5 Å². The SMILES string of the molecule is CCN1C(=O)c2cccc3c(N/N=C/c4cc5c(O)c(c4)Cc4cc(C)cc(c4O)Cc4cc(S(=O)(=O)O)cc(c4O)Cc4cccc(c4O)C5)ccc(c23)C1=O. The van der Waals surface area contributed by atoms with Crippen molar-refractivity contribution in [1.82, 2.24) is 4.90 Å². The van der Waals surface area contributed by atoms with Crippen molar-refractivity contribution in [3.05, 3.63) is 152 Å². The number of fused-ring (bicyclic) bond motifs is 8. The summed E-state index contributed by atoms with van der Waals surface area (Å²) in [6.45, 7) is 3.83. The van der Waals surface area contributed by atoms with Crippen molar-refractivity contribution in [2.75, 3.05) is 12.0 Å². The Bertz CT molecular complexity index is 2830. The summed E-state index contributed by atoms with van der Waals surface area (Å²) >= 11 is 0. The third-order valence-corrected chi connectivity index (χ3v) is 11.5. The fourth-order valence-electron chi connectivity index (χ4n) is 7.94. The van der Waals surface area contributed by atoms with Crippen molar-refractivity contribution in [1.29, 1.82) is 0 Å². The van der Waals surface area contributed by atoms with E-state index in [0.717, 1.165) is 17.7 Å². The Hall–Kier alpha value is -6.70. The van der Waals surface area contributed by atoms with Crippen molar-refractivity contribution in [2.24, 2.45) is 5.10 Å². The van der Waals surface area contributed by atoms with Crippen LogP contribution in [0.1, 0.15) is 83.3 Å². The second-order valence-corrected chi connectivity index (χ2v) is 15.9. The molecule has 1 aliphatic carbocycles. The largest absolute Gasteiger partial charge is 0.507 e. The van der Waals surface area contributed by atoms with Gasteiger partial charge < -0.3 is 20.4 Å². The minimum Gasteiger partial charge on any atom is -0.507 e. The van der Waals surface area contributed by atoms with Crippen molar-refractivity contribution in [3.8, 4) is 23.0 Å². The molecule has 6 N–H and O–H groups in total. The van der Waals surface area contributed by atoms with Crippen LogP contribution >= 0.6 is 0 Å². The molecule has 13 heteroatoms. The molecular weight excluding hydrogens is 747 g/mol. The molecule has 0 unspecified atom stereocenters. The monoisotopic (exact) mass is 783 g/mol. The van der Waals surface area contributed by atoms with Crippen LogP contribution in [0, 0.1) is 6.92 Å². The van der Waals surface area contributed by atoms with Crippen LogP contribution in [0.2, 0.25) is 0 Å². The van der Waals surface area contributed by atoms with E-state index in [1.807, 2.05) is 13.0 Å². The Morgan fingerprint density at radius 3 is 1.68 bits per heavy atom. The van der Waals surface area contributed by atoms with Gasteiger partial charge in [0.2, 0.25) is 0 Å². The quantitative estimate of drug-likeness (QED) is 0.0460. The minimum atomic E-state index is -4.69. The van der Waals surface area contributed by atoms with Crippen molar-refractivity contribution < 1.29 is 43.0 Å². The van der Waals surface area contributed by atoms with E-state index >= 15 is 0 Å². The number of aryl methyl sites for hydroxylation is 1. The summed E-state index contributed by atoms with van der Waals surface area (Å²) in [5.74, 6) is -1.23. The molecule has 6 aromatic carbocycles. The minimum absolute atomic E-state index is 0.0425. The molecule has 2 aliphatic rings. The number of nitrogens with one attached hydrogen (secondary N) is 1. The van der Waals surface area contributed by atoms with Crippen molar-refractivity contribution >= 4 is 44.6 Å². The van der Waals surface area contributed by atoms with Crippen LogP contribution in [0.4, 0.5) is 5.69 Å². The molecule has 0 saturated heterocycles. The van der Waals surface area contributed by atoms with E-state index in [1.54, 1.807) is 79.9 Å². The number of carbonyl (C=O) groups is 2. The van der Waals surface area contributed by atoms with Gasteiger partial charge in [-0.2, -0.15) is 13.5 Å². The average molecular weight is 784 g/mol. The smallest absolute Gasteiger partial charge is 0.294 e. The number of amides is 2. The number of rotatable bonds is 5. The fraction of sp³-hybridized carbons (Fsp3) is 0.159. The molecule has 0 spiro atoms. The first-order chi connectivity index (χ1) is 27.2. The van der Waals surface area contributed by atoms with Crippen molar-refractivity contribution in [3.63, 3.8) is 0 Å². The first-order valence-electron chi connectivity index (χ1n) is 18.2. The maximum Gasteiger partial charge on any atom is 0.294 e. The first kappa shape index (κ1) is 37.2. The average Bonchev–Trinajstić information content (AvgIpc) is 3.16. The molecule has 0 atom stereocenters. The molecule has 0 saturated carbocycles. The van der Waals surface area contributed by atoms with E-state index in [4.69, 9.17) is 0 Å². The zero-order chi connectivity index (χ0) is 40.3. The second kappa shape index (κ2) is 14.1. The maximum absolute atomic E-state index is 13.1. The topological polar surface area (TPSA) is 197 Å². The van der Waals surface area contributed by atoms with Crippen LogP contribution in [-0.2, 0) is 35.8 Å². The maximum atomic E-state index is 13.1. The number of imide groups is 1. The number of phenolic OH excluding ortho intramolecular Hbond substituents is 4. The summed E-state index contributed by atoms with van der Waals surface area (Å²) in [4.78, 5) is 27.0. The Morgan fingerprint density at radius 2 is 1.14 bits per heavy atom. The molecule has 288 valence electrons. The number of nitrogens with zero attached hydrogens (tertiary/aromatic N) is 2. The van der Waals surface area contributed by atoms with Gasteiger partial charge in [-0.25, -0.2) is 0 Å². The molecule has 2 amide bonds. The van der Waals surface area contributed by atoms with Crippen LogP contribution in [0.15, 0.2) is 94.9 Å². The lowest BCUT2D eigenvalue weighted by molar-refractivity contribution is 0.0619. The zero-order valence-corrected chi connectivity index (χ0v) is 31.7. The number of aromatic hydroxyl groups is 4. The third-order valence-electron chi connectivity index (χ3n) is 10.7. The van der Waals surface area contributed by atoms with E-state index in [1.165, 1.54) is 4.90 Å². The Labute approximate surface area is 327 Å². The van der Waals surface area contributed by atoms with Crippen LogP contribution < -0.4 is 5.43 Å². The molecule has 8 bridgehead atoms. The van der Waals surface area contributed by atoms with Gasteiger partial charge in [-0.15, -0.1) is 0 Å². The summed E-state index contributed by atoms with van der Waals surface area (Å²) in [6.07, 6.45) is 1.50. The van der Waals surface area contributed by atoms with Gasteiger partial charge in [0.1, 0.15) is 23.0 Å². The summed E-state index contributed by atoms with van der Waals surface area (Å²) in [5, 5.41) is 51.9. The third kappa shape index (κ3) is 6.70. The van der Waals surface area contributed by atoms with E-state index in [9.17, 15) is 43.0 Å². The molecule has 1 heterocycles. The van der Waals surface area contributed by atoms with Gasteiger partial charge in [0.05, 0.1) is 16.8 Å². The molecule has 57 heavy (non-hydrogen) atoms. The first-order valence-corrected chi connectivity index (χ1v) is 19.6. The van der Waals surface area contributed by atoms with E-state index < -0.39 is 15.0 Å². The van der Waals surface area contributed by atoms with Crippen LogP contribution in [0.5, 0.6) is 23.0 Å².